The van der Waals surface area contributed by atoms with Gasteiger partial charge in [-0.2, -0.15) is 0 Å². The lowest BCUT2D eigenvalue weighted by Crippen LogP contribution is -2.16. The average Bonchev–Trinajstić information content (AvgIpc) is 3.31. The summed E-state index contributed by atoms with van der Waals surface area (Å²) in [5, 5.41) is 5.87. The molecule has 0 aromatic heterocycles. The van der Waals surface area contributed by atoms with Gasteiger partial charge in [-0.05, 0) is 67.4 Å². The second-order valence-electron chi connectivity index (χ2n) is 7.39. The molecule has 0 bridgehead atoms. The highest BCUT2D eigenvalue weighted by Gasteiger charge is 2.16. The molecule has 1 fully saturated rings. The lowest BCUT2D eigenvalue weighted by molar-refractivity contribution is 0.101. The number of nitrogens with one attached hydrogen (secondary N) is 3. The van der Waals surface area contributed by atoms with Crippen LogP contribution < -0.4 is 19.7 Å². The van der Waals surface area contributed by atoms with Gasteiger partial charge in [0.2, 0.25) is 0 Å². The number of hydrogen-bond acceptors (Lipinski definition) is 5. The first-order valence-corrected chi connectivity index (χ1v) is 10.8. The van der Waals surface area contributed by atoms with Gasteiger partial charge in [-0.1, -0.05) is 24.3 Å². The van der Waals surface area contributed by atoms with Crippen LogP contribution in [-0.4, -0.2) is 24.9 Å². The summed E-state index contributed by atoms with van der Waals surface area (Å²) in [6.45, 7) is 5.71. The third kappa shape index (κ3) is 4.90. The molecule has 3 aromatic carbocycles. The Morgan fingerprint density at radius 3 is 2.42 bits per heavy atom. The number of anilines is 3. The molecule has 1 heterocycles. The molecule has 31 heavy (non-hydrogen) atoms. The van der Waals surface area contributed by atoms with Crippen LogP contribution in [0.15, 0.2) is 66.7 Å². The highest BCUT2D eigenvalue weighted by atomic mass is 32.2. The molecular weight excluding hydrogens is 408 g/mol. The first-order valence-electron chi connectivity index (χ1n) is 10.1. The number of carbonyl (C=O) groups is 2. The molecule has 0 unspecified atom stereocenters. The van der Waals surface area contributed by atoms with Gasteiger partial charge in [0.1, 0.15) is 0 Å². The minimum absolute atomic E-state index is 0.180. The Bertz CT molecular complexity index is 1110. The first-order chi connectivity index (χ1) is 15.0. The lowest BCUT2D eigenvalue weighted by atomic mass is 10.1. The third-order valence-corrected chi connectivity index (χ3v) is 6.06. The zero-order valence-corrected chi connectivity index (χ0v) is 18.3. The number of carbonyl (C=O) groups excluding carboxylic acids is 2. The van der Waals surface area contributed by atoms with Crippen molar-refractivity contribution in [2.24, 2.45) is 0 Å². The van der Waals surface area contributed by atoms with Crippen LogP contribution in [-0.2, 0) is 0 Å². The van der Waals surface area contributed by atoms with Crippen LogP contribution >= 0.6 is 12.1 Å². The lowest BCUT2D eigenvalue weighted by Gasteiger charge is -2.17. The molecule has 0 saturated carbocycles. The maximum Gasteiger partial charge on any atom is 0.255 e. The molecule has 6 nitrogen and oxygen atoms in total. The molecular formula is C24H24N4O2S. The van der Waals surface area contributed by atoms with Crippen molar-refractivity contribution in [2.75, 3.05) is 28.0 Å². The Morgan fingerprint density at radius 1 is 0.903 bits per heavy atom. The number of rotatable bonds is 5. The molecule has 3 N–H and O–H groups in total. The molecule has 158 valence electrons. The van der Waals surface area contributed by atoms with Gasteiger partial charge >= 0.3 is 0 Å². The third-order valence-electron chi connectivity index (χ3n) is 5.11. The van der Waals surface area contributed by atoms with Crippen molar-refractivity contribution >= 4 is 41.0 Å². The van der Waals surface area contributed by atoms with Crippen molar-refractivity contribution in [1.29, 1.82) is 0 Å². The quantitative estimate of drug-likeness (QED) is 0.506. The maximum absolute atomic E-state index is 12.9. The van der Waals surface area contributed by atoms with Crippen LogP contribution in [0.5, 0.6) is 0 Å². The standard InChI is InChI=1S/C24H24N4O2S/c1-16-8-9-19(15-22(16)27-23(29)18-6-4-3-5-7-18)26-24(30)21-11-10-20(14-17(21)2)28-13-12-25-31-28/h3-11,14-15,25H,12-13H2,1-2H3,(H,26,30)(H,27,29). The first kappa shape index (κ1) is 21.0. The maximum atomic E-state index is 12.9. The zero-order valence-electron chi connectivity index (χ0n) is 17.4. The van der Waals surface area contributed by atoms with E-state index in [-0.39, 0.29) is 11.8 Å². The van der Waals surface area contributed by atoms with Gasteiger partial charge in [-0.25, -0.2) is 4.72 Å². The molecule has 4 rings (SSSR count). The highest BCUT2D eigenvalue weighted by Crippen LogP contribution is 2.27. The summed E-state index contributed by atoms with van der Waals surface area (Å²) in [5.74, 6) is -0.367. The second kappa shape index (κ2) is 9.24. The van der Waals surface area contributed by atoms with Gasteiger partial charge < -0.3 is 14.9 Å². The van der Waals surface area contributed by atoms with E-state index in [2.05, 4.69) is 19.7 Å². The molecule has 3 aromatic rings. The number of amides is 2. The second-order valence-corrected chi connectivity index (χ2v) is 8.30. The Morgan fingerprint density at radius 2 is 1.71 bits per heavy atom. The summed E-state index contributed by atoms with van der Waals surface area (Å²) in [6.07, 6.45) is 0. The fourth-order valence-corrected chi connectivity index (χ4v) is 4.11. The SMILES string of the molecule is Cc1ccc(NC(=O)c2ccc(N3CCNS3)cc2C)cc1NC(=O)c1ccccc1. The van der Waals surface area contributed by atoms with Crippen molar-refractivity contribution in [2.45, 2.75) is 13.8 Å². The van der Waals surface area contributed by atoms with Gasteiger partial charge in [0.25, 0.3) is 11.8 Å². The van der Waals surface area contributed by atoms with Gasteiger partial charge in [0.15, 0.2) is 0 Å². The molecule has 0 atom stereocenters. The molecule has 0 radical (unpaired) electrons. The van der Waals surface area contributed by atoms with Crippen molar-refractivity contribution in [3.63, 3.8) is 0 Å². The van der Waals surface area contributed by atoms with Crippen molar-refractivity contribution in [1.82, 2.24) is 4.72 Å². The van der Waals surface area contributed by atoms with E-state index in [4.69, 9.17) is 0 Å². The predicted molar refractivity (Wildman–Crippen MR) is 128 cm³/mol. The van der Waals surface area contributed by atoms with Gasteiger partial charge in [-0.3, -0.25) is 9.59 Å². The summed E-state index contributed by atoms with van der Waals surface area (Å²) < 4.78 is 5.39. The van der Waals surface area contributed by atoms with Crippen LogP contribution in [0.25, 0.3) is 0 Å². The summed E-state index contributed by atoms with van der Waals surface area (Å²) in [7, 11) is 0. The van der Waals surface area contributed by atoms with E-state index in [1.165, 1.54) is 0 Å². The van der Waals surface area contributed by atoms with Crippen LogP contribution in [0.2, 0.25) is 0 Å². The number of nitrogens with zero attached hydrogens (tertiary/aromatic N) is 1. The van der Waals surface area contributed by atoms with E-state index in [1.807, 2.05) is 62.4 Å². The van der Waals surface area contributed by atoms with E-state index in [0.717, 1.165) is 29.9 Å². The monoisotopic (exact) mass is 432 g/mol. The molecule has 1 aliphatic rings. The minimum atomic E-state index is -0.187. The topological polar surface area (TPSA) is 73.5 Å². The number of hydrogen-bond donors (Lipinski definition) is 3. The van der Waals surface area contributed by atoms with Crippen LogP contribution in [0, 0.1) is 13.8 Å². The van der Waals surface area contributed by atoms with E-state index >= 15 is 0 Å². The largest absolute Gasteiger partial charge is 0.322 e. The summed E-state index contributed by atoms with van der Waals surface area (Å²) in [6, 6.07) is 20.4. The summed E-state index contributed by atoms with van der Waals surface area (Å²) in [5.41, 5.74) is 5.39. The van der Waals surface area contributed by atoms with Crippen LogP contribution in [0.4, 0.5) is 17.1 Å². The zero-order chi connectivity index (χ0) is 21.8. The minimum Gasteiger partial charge on any atom is -0.322 e. The van der Waals surface area contributed by atoms with E-state index in [9.17, 15) is 9.59 Å². The molecule has 0 spiro atoms. The smallest absolute Gasteiger partial charge is 0.255 e. The molecule has 1 saturated heterocycles. The number of aryl methyl sites for hydroxylation is 2. The summed E-state index contributed by atoms with van der Waals surface area (Å²) >= 11 is 1.58. The Kier molecular flexibility index (Phi) is 6.25. The normalized spacial score (nSPS) is 13.2. The molecule has 0 aliphatic carbocycles. The van der Waals surface area contributed by atoms with Crippen molar-refractivity contribution in [3.05, 3.63) is 89.0 Å². The van der Waals surface area contributed by atoms with Crippen LogP contribution in [0.3, 0.4) is 0 Å². The Labute approximate surface area is 186 Å². The Balaban J connectivity index is 1.48. The predicted octanol–water partition coefficient (Wildman–Crippen LogP) is 4.78. The molecule has 2 amide bonds. The van der Waals surface area contributed by atoms with Gasteiger partial charge in [0, 0.05) is 53.4 Å². The average molecular weight is 433 g/mol. The van der Waals surface area contributed by atoms with E-state index in [1.54, 1.807) is 30.3 Å². The van der Waals surface area contributed by atoms with Gasteiger partial charge in [-0.15, -0.1) is 0 Å². The Hall–Kier alpha value is -3.29. The van der Waals surface area contributed by atoms with Crippen molar-refractivity contribution in [3.8, 4) is 0 Å². The van der Waals surface area contributed by atoms with E-state index in [0.29, 0.717) is 22.5 Å². The number of benzene rings is 3. The summed E-state index contributed by atoms with van der Waals surface area (Å²) in [4.78, 5) is 25.4. The molecule has 1 aliphatic heterocycles. The fourth-order valence-electron chi connectivity index (χ4n) is 3.37. The van der Waals surface area contributed by atoms with Crippen LogP contribution in [0.1, 0.15) is 31.8 Å². The van der Waals surface area contributed by atoms with Crippen molar-refractivity contribution < 1.29 is 9.59 Å². The molecule has 7 heteroatoms. The van der Waals surface area contributed by atoms with Gasteiger partial charge in [0.05, 0.1) is 0 Å². The van der Waals surface area contributed by atoms with E-state index < -0.39 is 0 Å². The highest BCUT2D eigenvalue weighted by molar-refractivity contribution is 7.99. The fraction of sp³-hybridized carbons (Fsp3) is 0.167.